The molecular formula is C26H38N4O4. The third-order valence-corrected chi connectivity index (χ3v) is 7.65. The number of likely N-dealkylation sites (N-methyl/N-ethyl adjacent to an activating group) is 1. The van der Waals surface area contributed by atoms with Gasteiger partial charge in [-0.05, 0) is 49.6 Å². The molecule has 1 aromatic carbocycles. The van der Waals surface area contributed by atoms with E-state index in [1.165, 1.54) is 0 Å². The molecule has 0 bridgehead atoms. The molecule has 0 unspecified atom stereocenters. The van der Waals surface area contributed by atoms with Crippen molar-refractivity contribution in [3.8, 4) is 0 Å². The van der Waals surface area contributed by atoms with Crippen molar-refractivity contribution in [2.24, 2.45) is 17.6 Å². The summed E-state index contributed by atoms with van der Waals surface area (Å²) in [4.78, 5) is 45.5. The van der Waals surface area contributed by atoms with Gasteiger partial charge >= 0.3 is 0 Å². The Balaban J connectivity index is 1.71. The van der Waals surface area contributed by atoms with Crippen LogP contribution in [0.1, 0.15) is 55.5 Å². The predicted octanol–water partition coefficient (Wildman–Crippen LogP) is 1.87. The van der Waals surface area contributed by atoms with Gasteiger partial charge in [0.25, 0.3) is 0 Å². The molecule has 8 heteroatoms. The van der Waals surface area contributed by atoms with Crippen LogP contribution in [-0.2, 0) is 14.3 Å². The molecule has 4 rings (SSSR count). The maximum absolute atomic E-state index is 14.1. The van der Waals surface area contributed by atoms with Crippen LogP contribution in [0.25, 0.3) is 0 Å². The summed E-state index contributed by atoms with van der Waals surface area (Å²) in [5.74, 6) is -0.840. The number of amides is 2. The number of piperazine rings is 1. The zero-order valence-electron chi connectivity index (χ0n) is 20.8. The zero-order chi connectivity index (χ0) is 24.6. The number of primary amides is 1. The first-order chi connectivity index (χ1) is 16.2. The summed E-state index contributed by atoms with van der Waals surface area (Å²) < 4.78 is 5.78. The normalized spacial score (nSPS) is 26.3. The fraction of sp³-hybridized carbons (Fsp3) is 0.654. The molecule has 34 heavy (non-hydrogen) atoms. The Morgan fingerprint density at radius 3 is 2.50 bits per heavy atom. The number of rotatable bonds is 7. The topological polar surface area (TPSA) is 96.2 Å². The maximum Gasteiger partial charge on any atom is 0.249 e. The van der Waals surface area contributed by atoms with Gasteiger partial charge in [-0.1, -0.05) is 20.8 Å². The van der Waals surface area contributed by atoms with Gasteiger partial charge in [-0.15, -0.1) is 0 Å². The summed E-state index contributed by atoms with van der Waals surface area (Å²) in [6.07, 6.45) is 1.19. The Bertz CT molecular complexity index is 941. The van der Waals surface area contributed by atoms with E-state index in [0.717, 1.165) is 38.3 Å². The molecule has 3 fully saturated rings. The van der Waals surface area contributed by atoms with Crippen molar-refractivity contribution >= 4 is 23.3 Å². The second kappa shape index (κ2) is 10.0. The number of anilines is 1. The van der Waals surface area contributed by atoms with Crippen LogP contribution in [-0.4, -0.2) is 85.9 Å². The summed E-state index contributed by atoms with van der Waals surface area (Å²) in [5, 5.41) is 0. The molecule has 3 saturated heterocycles. The van der Waals surface area contributed by atoms with E-state index in [1.807, 2.05) is 12.1 Å². The minimum atomic E-state index is -0.542. The molecule has 0 spiro atoms. The van der Waals surface area contributed by atoms with E-state index < -0.39 is 17.9 Å². The van der Waals surface area contributed by atoms with E-state index >= 15 is 0 Å². The lowest BCUT2D eigenvalue weighted by Crippen LogP contribution is -2.45. The minimum Gasteiger partial charge on any atom is -0.369 e. The smallest absolute Gasteiger partial charge is 0.249 e. The van der Waals surface area contributed by atoms with E-state index in [-0.39, 0.29) is 36.2 Å². The first-order valence-electron chi connectivity index (χ1n) is 12.5. The van der Waals surface area contributed by atoms with Crippen molar-refractivity contribution in [2.45, 2.75) is 51.7 Å². The monoisotopic (exact) mass is 470 g/mol. The Hall–Kier alpha value is -2.45. The summed E-state index contributed by atoms with van der Waals surface area (Å²) >= 11 is 0. The minimum absolute atomic E-state index is 0.0288. The van der Waals surface area contributed by atoms with Crippen LogP contribution in [0.5, 0.6) is 0 Å². The van der Waals surface area contributed by atoms with Gasteiger partial charge in [-0.3, -0.25) is 14.4 Å². The lowest BCUT2D eigenvalue weighted by molar-refractivity contribution is -0.138. The summed E-state index contributed by atoms with van der Waals surface area (Å²) in [6, 6.07) is 5.15. The van der Waals surface area contributed by atoms with Crippen LogP contribution in [0, 0.1) is 11.8 Å². The fourth-order valence-electron chi connectivity index (χ4n) is 5.70. The second-order valence-electron chi connectivity index (χ2n) is 10.5. The Morgan fingerprint density at radius 2 is 1.88 bits per heavy atom. The highest BCUT2D eigenvalue weighted by molar-refractivity contribution is 5.99. The van der Waals surface area contributed by atoms with Gasteiger partial charge in [0.05, 0.1) is 12.0 Å². The van der Waals surface area contributed by atoms with Crippen molar-refractivity contribution in [3.63, 3.8) is 0 Å². The standard InChI is InChI=1S/C26H38N4O4/c1-5-17-14-30(23-22(31)15-34-24(17)23)26(33)21(12-16(2)3)20-13-18(6-7-19(20)25(27)32)29-10-8-28(4)9-11-29/h6-7,13,16-17,21,23-24H,5,8-12,14-15H2,1-4H3,(H2,27,32)/t17-,21-,23+,24+/m0/s1. The van der Waals surface area contributed by atoms with E-state index in [1.54, 1.807) is 11.0 Å². The van der Waals surface area contributed by atoms with E-state index in [9.17, 15) is 14.4 Å². The zero-order valence-corrected chi connectivity index (χ0v) is 20.8. The average Bonchev–Trinajstić information content (AvgIpc) is 3.37. The predicted molar refractivity (Wildman–Crippen MR) is 131 cm³/mol. The number of hydrogen-bond acceptors (Lipinski definition) is 6. The Morgan fingerprint density at radius 1 is 1.18 bits per heavy atom. The van der Waals surface area contributed by atoms with Gasteiger partial charge in [0.2, 0.25) is 11.8 Å². The molecule has 0 aromatic heterocycles. The van der Waals surface area contributed by atoms with Crippen LogP contribution in [0.15, 0.2) is 18.2 Å². The highest BCUT2D eigenvalue weighted by atomic mass is 16.5. The number of carbonyl (C=O) groups excluding carboxylic acids is 3. The third-order valence-electron chi connectivity index (χ3n) is 7.65. The van der Waals surface area contributed by atoms with Gasteiger partial charge in [-0.2, -0.15) is 0 Å². The number of Topliss-reactive ketones (excluding diaryl/α,β-unsaturated/α-hetero) is 1. The van der Waals surface area contributed by atoms with E-state index in [2.05, 4.69) is 37.6 Å². The number of ketones is 1. The molecule has 3 aliphatic heterocycles. The van der Waals surface area contributed by atoms with Crippen LogP contribution >= 0.6 is 0 Å². The molecule has 2 amide bonds. The Labute approximate surface area is 202 Å². The number of fused-ring (bicyclic) bond motifs is 1. The summed E-state index contributed by atoms with van der Waals surface area (Å²) in [5.41, 5.74) is 7.83. The molecule has 0 aliphatic carbocycles. The van der Waals surface area contributed by atoms with Gasteiger partial charge in [-0.25, -0.2) is 0 Å². The number of nitrogens with zero attached hydrogens (tertiary/aromatic N) is 3. The molecule has 2 N–H and O–H groups in total. The Kier molecular flexibility index (Phi) is 7.28. The lowest BCUT2D eigenvalue weighted by atomic mass is 9.85. The number of benzene rings is 1. The van der Waals surface area contributed by atoms with Crippen LogP contribution in [0.2, 0.25) is 0 Å². The summed E-state index contributed by atoms with van der Waals surface area (Å²) in [6.45, 7) is 10.5. The fourth-order valence-corrected chi connectivity index (χ4v) is 5.70. The molecular weight excluding hydrogens is 432 g/mol. The number of nitrogens with two attached hydrogens (primary N) is 1. The van der Waals surface area contributed by atoms with Gasteiger partial charge in [0.15, 0.2) is 5.78 Å². The molecule has 4 atom stereocenters. The molecule has 1 aromatic rings. The van der Waals surface area contributed by atoms with Crippen LogP contribution in [0.3, 0.4) is 0 Å². The van der Waals surface area contributed by atoms with E-state index in [4.69, 9.17) is 10.5 Å². The van der Waals surface area contributed by atoms with Crippen molar-refractivity contribution in [1.29, 1.82) is 0 Å². The van der Waals surface area contributed by atoms with Gasteiger partial charge < -0.3 is 25.2 Å². The van der Waals surface area contributed by atoms with Crippen molar-refractivity contribution < 1.29 is 19.1 Å². The second-order valence-corrected chi connectivity index (χ2v) is 10.5. The highest BCUT2D eigenvalue weighted by Gasteiger charge is 2.52. The SMILES string of the molecule is CC[C@H]1CN(C(=O)[C@@H](CC(C)C)c2cc(N3CCN(C)CC3)ccc2C(N)=O)[C@@H]2C(=O)CO[C@H]12. The summed E-state index contributed by atoms with van der Waals surface area (Å²) in [7, 11) is 2.11. The number of hydrogen-bond donors (Lipinski definition) is 1. The number of carbonyl (C=O) groups is 3. The number of likely N-dealkylation sites (tertiary alicyclic amines) is 1. The molecule has 3 aliphatic rings. The molecule has 0 saturated carbocycles. The molecule has 0 radical (unpaired) electrons. The lowest BCUT2D eigenvalue weighted by Gasteiger charge is -2.35. The first-order valence-corrected chi connectivity index (χ1v) is 12.5. The van der Waals surface area contributed by atoms with Gasteiger partial charge in [0, 0.05) is 49.9 Å². The van der Waals surface area contributed by atoms with Crippen molar-refractivity contribution in [1.82, 2.24) is 9.80 Å². The largest absolute Gasteiger partial charge is 0.369 e. The average molecular weight is 471 g/mol. The molecule has 8 nitrogen and oxygen atoms in total. The molecule has 186 valence electrons. The van der Waals surface area contributed by atoms with Crippen LogP contribution < -0.4 is 10.6 Å². The van der Waals surface area contributed by atoms with E-state index in [0.29, 0.717) is 24.1 Å². The van der Waals surface area contributed by atoms with Gasteiger partial charge in [0.1, 0.15) is 12.6 Å². The number of ether oxygens (including phenoxy) is 1. The quantitative estimate of drug-likeness (QED) is 0.654. The molecule has 3 heterocycles. The van der Waals surface area contributed by atoms with Crippen LogP contribution in [0.4, 0.5) is 5.69 Å². The first kappa shape index (κ1) is 24.7. The highest BCUT2D eigenvalue weighted by Crippen LogP contribution is 2.38. The van der Waals surface area contributed by atoms with Crippen molar-refractivity contribution in [2.75, 3.05) is 51.3 Å². The maximum atomic E-state index is 14.1. The third kappa shape index (κ3) is 4.70. The van der Waals surface area contributed by atoms with Crippen molar-refractivity contribution in [3.05, 3.63) is 29.3 Å².